The van der Waals surface area contributed by atoms with Gasteiger partial charge in [0.15, 0.2) is 0 Å². The molecule has 0 amide bonds. The lowest BCUT2D eigenvalue weighted by Crippen LogP contribution is -2.18. The van der Waals surface area contributed by atoms with Crippen LogP contribution in [0.4, 0.5) is 10.1 Å². The normalized spacial score (nSPS) is 12.2. The number of halogens is 3. The molecular weight excluding hydrogens is 329 g/mol. The van der Waals surface area contributed by atoms with E-state index in [1.165, 1.54) is 11.6 Å². The molecule has 0 aliphatic rings. The van der Waals surface area contributed by atoms with Gasteiger partial charge < -0.3 is 5.32 Å². The molecule has 0 bridgehead atoms. The Hall–Kier alpha value is -1.06. The van der Waals surface area contributed by atoms with Crippen LogP contribution in [0.5, 0.6) is 0 Å². The van der Waals surface area contributed by atoms with E-state index in [1.807, 2.05) is 19.1 Å². The maximum atomic E-state index is 13.6. The summed E-state index contributed by atoms with van der Waals surface area (Å²) < 4.78 is 14.6. The van der Waals surface area contributed by atoms with Gasteiger partial charge in [-0.3, -0.25) is 0 Å². The third-order valence-electron chi connectivity index (χ3n) is 2.79. The van der Waals surface area contributed by atoms with E-state index in [9.17, 15) is 4.39 Å². The minimum Gasteiger partial charge on any atom is -0.380 e. The minimum absolute atomic E-state index is 0.120. The van der Waals surface area contributed by atoms with E-state index >= 15 is 0 Å². The third-order valence-corrected chi connectivity index (χ3v) is 3.55. The highest BCUT2D eigenvalue weighted by Gasteiger charge is 2.08. The zero-order valence-electron chi connectivity index (χ0n) is 10.5. The number of anilines is 1. The molecule has 4 heteroatoms. The summed E-state index contributed by atoms with van der Waals surface area (Å²) in [6.45, 7) is 2.02. The Morgan fingerprint density at radius 1 is 1.21 bits per heavy atom. The summed E-state index contributed by atoms with van der Waals surface area (Å²) in [5.74, 6) is -0.285. The molecule has 1 nitrogen and oxygen atoms in total. The molecular formula is C15H14BrClFN. The van der Waals surface area contributed by atoms with Crippen molar-refractivity contribution in [3.05, 3.63) is 63.3 Å². The molecule has 2 rings (SSSR count). The van der Waals surface area contributed by atoms with E-state index in [-0.39, 0.29) is 11.9 Å². The number of hydrogen-bond donors (Lipinski definition) is 1. The molecule has 1 unspecified atom stereocenters. The van der Waals surface area contributed by atoms with Crippen LogP contribution in [-0.2, 0) is 6.42 Å². The van der Waals surface area contributed by atoms with Crippen LogP contribution in [0.25, 0.3) is 0 Å². The Bertz CT molecular complexity index is 557. The van der Waals surface area contributed by atoms with Crippen molar-refractivity contribution in [2.45, 2.75) is 19.4 Å². The van der Waals surface area contributed by atoms with E-state index in [1.54, 1.807) is 12.1 Å². The second-order valence-electron chi connectivity index (χ2n) is 4.50. The van der Waals surface area contributed by atoms with Gasteiger partial charge in [-0.1, -0.05) is 39.7 Å². The Labute approximate surface area is 125 Å². The van der Waals surface area contributed by atoms with Crippen LogP contribution in [0.3, 0.4) is 0 Å². The van der Waals surface area contributed by atoms with Gasteiger partial charge in [0.05, 0.1) is 5.69 Å². The quantitative estimate of drug-likeness (QED) is 0.796. The molecule has 0 radical (unpaired) electrons. The van der Waals surface area contributed by atoms with Crippen molar-refractivity contribution in [3.8, 4) is 0 Å². The fourth-order valence-electron chi connectivity index (χ4n) is 1.90. The first-order valence-corrected chi connectivity index (χ1v) is 7.18. The van der Waals surface area contributed by atoms with Crippen molar-refractivity contribution in [3.63, 3.8) is 0 Å². The van der Waals surface area contributed by atoms with E-state index < -0.39 is 0 Å². The first kappa shape index (κ1) is 14.4. The van der Waals surface area contributed by atoms with Crippen LogP contribution in [0.2, 0.25) is 5.02 Å². The van der Waals surface area contributed by atoms with Gasteiger partial charge in [-0.05, 0) is 49.2 Å². The SMILES string of the molecule is CC(Cc1ccc(Br)cc1)Nc1cc(Cl)ccc1F. The van der Waals surface area contributed by atoms with Gasteiger partial charge in [0.1, 0.15) is 5.82 Å². The number of benzene rings is 2. The largest absolute Gasteiger partial charge is 0.380 e. The highest BCUT2D eigenvalue weighted by molar-refractivity contribution is 9.10. The standard InChI is InChI=1S/C15H14BrClFN/c1-10(8-11-2-4-12(16)5-3-11)19-15-9-13(17)6-7-14(15)18/h2-7,9-10,19H,8H2,1H3. The molecule has 1 atom stereocenters. The highest BCUT2D eigenvalue weighted by Crippen LogP contribution is 2.21. The van der Waals surface area contributed by atoms with E-state index in [4.69, 9.17) is 11.6 Å². The van der Waals surface area contributed by atoms with Crippen molar-refractivity contribution in [2.24, 2.45) is 0 Å². The van der Waals surface area contributed by atoms with Gasteiger partial charge in [0, 0.05) is 15.5 Å². The second-order valence-corrected chi connectivity index (χ2v) is 5.85. The average molecular weight is 343 g/mol. The van der Waals surface area contributed by atoms with Gasteiger partial charge in [-0.2, -0.15) is 0 Å². The highest BCUT2D eigenvalue weighted by atomic mass is 79.9. The van der Waals surface area contributed by atoms with Crippen LogP contribution in [0, 0.1) is 5.82 Å². The predicted molar refractivity (Wildman–Crippen MR) is 82.3 cm³/mol. The molecule has 0 saturated carbocycles. The third kappa shape index (κ3) is 4.22. The topological polar surface area (TPSA) is 12.0 Å². The van der Waals surface area contributed by atoms with Crippen molar-refractivity contribution in [2.75, 3.05) is 5.32 Å². The van der Waals surface area contributed by atoms with Gasteiger partial charge in [-0.25, -0.2) is 4.39 Å². The molecule has 100 valence electrons. The predicted octanol–water partition coefficient (Wildman–Crippen LogP) is 5.28. The van der Waals surface area contributed by atoms with E-state index in [0.29, 0.717) is 10.7 Å². The first-order chi connectivity index (χ1) is 9.04. The smallest absolute Gasteiger partial charge is 0.146 e. The molecule has 0 heterocycles. The van der Waals surface area contributed by atoms with Gasteiger partial charge in [-0.15, -0.1) is 0 Å². The molecule has 0 saturated heterocycles. The molecule has 0 aliphatic heterocycles. The van der Waals surface area contributed by atoms with Crippen molar-refractivity contribution in [1.82, 2.24) is 0 Å². The van der Waals surface area contributed by atoms with Crippen LogP contribution in [0.1, 0.15) is 12.5 Å². The summed E-state index contributed by atoms with van der Waals surface area (Å²) >= 11 is 9.27. The molecule has 0 spiro atoms. The fourth-order valence-corrected chi connectivity index (χ4v) is 2.34. The molecule has 0 aliphatic carbocycles. The Balaban J connectivity index is 2.02. The maximum Gasteiger partial charge on any atom is 0.146 e. The van der Waals surface area contributed by atoms with Crippen LogP contribution in [-0.4, -0.2) is 6.04 Å². The molecule has 19 heavy (non-hydrogen) atoms. The van der Waals surface area contributed by atoms with Gasteiger partial charge >= 0.3 is 0 Å². The summed E-state index contributed by atoms with van der Waals surface area (Å²) in [4.78, 5) is 0. The van der Waals surface area contributed by atoms with Crippen molar-refractivity contribution in [1.29, 1.82) is 0 Å². The Morgan fingerprint density at radius 2 is 1.89 bits per heavy atom. The fraction of sp³-hybridized carbons (Fsp3) is 0.200. The van der Waals surface area contributed by atoms with Gasteiger partial charge in [0.25, 0.3) is 0 Å². The number of rotatable bonds is 4. The Morgan fingerprint density at radius 3 is 2.58 bits per heavy atom. The number of nitrogens with one attached hydrogen (secondary N) is 1. The molecule has 2 aromatic rings. The molecule has 0 fully saturated rings. The summed E-state index contributed by atoms with van der Waals surface area (Å²) in [6.07, 6.45) is 0.819. The summed E-state index contributed by atoms with van der Waals surface area (Å²) in [5.41, 5.74) is 1.64. The molecule has 1 N–H and O–H groups in total. The first-order valence-electron chi connectivity index (χ1n) is 6.00. The maximum absolute atomic E-state index is 13.6. The van der Waals surface area contributed by atoms with E-state index in [0.717, 1.165) is 10.9 Å². The summed E-state index contributed by atoms with van der Waals surface area (Å²) in [5, 5.41) is 3.67. The number of hydrogen-bond acceptors (Lipinski definition) is 1. The Kier molecular flexibility index (Phi) is 4.83. The summed E-state index contributed by atoms with van der Waals surface area (Å²) in [6, 6.07) is 12.7. The van der Waals surface area contributed by atoms with E-state index in [2.05, 4.69) is 33.4 Å². The molecule has 2 aromatic carbocycles. The monoisotopic (exact) mass is 341 g/mol. The van der Waals surface area contributed by atoms with Crippen LogP contribution in [0.15, 0.2) is 46.9 Å². The van der Waals surface area contributed by atoms with Crippen LogP contribution < -0.4 is 5.32 Å². The second kappa shape index (κ2) is 6.40. The lowest BCUT2D eigenvalue weighted by atomic mass is 10.1. The lowest BCUT2D eigenvalue weighted by molar-refractivity contribution is 0.626. The van der Waals surface area contributed by atoms with Gasteiger partial charge in [0.2, 0.25) is 0 Å². The average Bonchev–Trinajstić information content (AvgIpc) is 2.37. The zero-order chi connectivity index (χ0) is 13.8. The zero-order valence-corrected chi connectivity index (χ0v) is 12.8. The lowest BCUT2D eigenvalue weighted by Gasteiger charge is -2.16. The van der Waals surface area contributed by atoms with Crippen molar-refractivity contribution < 1.29 is 4.39 Å². The molecule has 0 aromatic heterocycles. The van der Waals surface area contributed by atoms with Crippen molar-refractivity contribution >= 4 is 33.2 Å². The summed E-state index contributed by atoms with van der Waals surface area (Å²) in [7, 11) is 0. The minimum atomic E-state index is -0.285. The van der Waals surface area contributed by atoms with Crippen LogP contribution >= 0.6 is 27.5 Å².